The van der Waals surface area contributed by atoms with Gasteiger partial charge in [0.15, 0.2) is 11.5 Å². The summed E-state index contributed by atoms with van der Waals surface area (Å²) >= 11 is 0. The highest BCUT2D eigenvalue weighted by molar-refractivity contribution is 5.72. The summed E-state index contributed by atoms with van der Waals surface area (Å²) in [5, 5.41) is 0. The highest BCUT2D eigenvalue weighted by Crippen LogP contribution is 2.42. The third-order valence-corrected chi connectivity index (χ3v) is 5.12. The minimum atomic E-state index is 0.558. The van der Waals surface area contributed by atoms with Gasteiger partial charge in [-0.3, -0.25) is 0 Å². The molecule has 3 aromatic rings. The molecule has 1 aromatic heterocycles. The molecule has 0 unspecified atom stereocenters. The summed E-state index contributed by atoms with van der Waals surface area (Å²) in [7, 11) is 6.73. The Morgan fingerprint density at radius 1 is 0.893 bits per heavy atom. The standard InChI is InChI=1S/C22H23N3O3/c1-25(16-11-18(26-2)21(28-4)19(12-16)27-3)22-23-13-15-10-9-14-7-5-6-8-17(14)20(15)24-22/h5-8,11-13H,9-10H2,1-4H3. The topological polar surface area (TPSA) is 56.7 Å². The Hall–Kier alpha value is -3.28. The number of aryl methyl sites for hydroxylation is 2. The quantitative estimate of drug-likeness (QED) is 0.669. The SMILES string of the molecule is COc1cc(N(C)c2ncc3c(n2)-c2ccccc2CC3)cc(OC)c1OC. The average molecular weight is 377 g/mol. The first-order chi connectivity index (χ1) is 13.7. The molecule has 0 spiro atoms. The van der Waals surface area contributed by atoms with Crippen molar-refractivity contribution in [2.45, 2.75) is 12.8 Å². The fourth-order valence-corrected chi connectivity index (χ4v) is 3.59. The van der Waals surface area contributed by atoms with Crippen molar-refractivity contribution in [3.8, 4) is 28.5 Å². The number of hydrogen-bond donors (Lipinski definition) is 0. The summed E-state index contributed by atoms with van der Waals surface area (Å²) in [5.41, 5.74) is 5.55. The third kappa shape index (κ3) is 3.01. The van der Waals surface area contributed by atoms with E-state index in [1.54, 1.807) is 21.3 Å². The number of methoxy groups -OCH3 is 3. The molecular weight excluding hydrogens is 354 g/mol. The minimum Gasteiger partial charge on any atom is -0.493 e. The monoisotopic (exact) mass is 377 g/mol. The maximum Gasteiger partial charge on any atom is 0.230 e. The van der Waals surface area contributed by atoms with Crippen molar-refractivity contribution in [1.82, 2.24) is 9.97 Å². The van der Waals surface area contributed by atoms with E-state index in [9.17, 15) is 0 Å². The van der Waals surface area contributed by atoms with Crippen molar-refractivity contribution in [3.05, 3.63) is 53.7 Å². The Morgan fingerprint density at radius 2 is 1.57 bits per heavy atom. The molecule has 0 amide bonds. The van der Waals surface area contributed by atoms with Crippen molar-refractivity contribution in [2.24, 2.45) is 0 Å². The first kappa shape index (κ1) is 18.1. The zero-order chi connectivity index (χ0) is 19.7. The molecule has 0 N–H and O–H groups in total. The number of fused-ring (bicyclic) bond motifs is 3. The van der Waals surface area contributed by atoms with E-state index in [0.29, 0.717) is 23.2 Å². The number of rotatable bonds is 5. The highest BCUT2D eigenvalue weighted by atomic mass is 16.5. The van der Waals surface area contributed by atoms with E-state index in [2.05, 4.69) is 29.2 Å². The van der Waals surface area contributed by atoms with Crippen LogP contribution in [0.3, 0.4) is 0 Å². The van der Waals surface area contributed by atoms with E-state index in [1.165, 1.54) is 16.7 Å². The summed E-state index contributed by atoms with van der Waals surface area (Å²) in [4.78, 5) is 11.4. The lowest BCUT2D eigenvalue weighted by Gasteiger charge is -2.23. The van der Waals surface area contributed by atoms with E-state index >= 15 is 0 Å². The van der Waals surface area contributed by atoms with Crippen LogP contribution in [0.15, 0.2) is 42.6 Å². The molecule has 0 fully saturated rings. The van der Waals surface area contributed by atoms with Gasteiger partial charge in [-0.2, -0.15) is 0 Å². The van der Waals surface area contributed by atoms with Gasteiger partial charge in [0.1, 0.15) is 0 Å². The summed E-state index contributed by atoms with van der Waals surface area (Å²) in [6, 6.07) is 12.2. The molecule has 144 valence electrons. The number of ether oxygens (including phenoxy) is 3. The van der Waals surface area contributed by atoms with E-state index in [1.807, 2.05) is 30.3 Å². The van der Waals surface area contributed by atoms with Gasteiger partial charge >= 0.3 is 0 Å². The molecule has 0 bridgehead atoms. The van der Waals surface area contributed by atoms with Crippen LogP contribution >= 0.6 is 0 Å². The summed E-state index contributed by atoms with van der Waals surface area (Å²) in [6.45, 7) is 0. The molecule has 0 radical (unpaired) electrons. The molecule has 6 nitrogen and oxygen atoms in total. The van der Waals surface area contributed by atoms with Gasteiger partial charge in [-0.15, -0.1) is 0 Å². The second-order valence-corrected chi connectivity index (χ2v) is 6.64. The molecule has 1 aliphatic carbocycles. The fourth-order valence-electron chi connectivity index (χ4n) is 3.59. The molecule has 0 atom stereocenters. The van der Waals surface area contributed by atoms with Crippen LogP contribution in [-0.4, -0.2) is 38.3 Å². The Balaban J connectivity index is 1.77. The normalized spacial score (nSPS) is 12.0. The third-order valence-electron chi connectivity index (χ3n) is 5.12. The lowest BCUT2D eigenvalue weighted by molar-refractivity contribution is 0.324. The van der Waals surface area contributed by atoms with Gasteiger partial charge in [-0.25, -0.2) is 9.97 Å². The Kier molecular flexibility index (Phi) is 4.77. The molecule has 0 saturated carbocycles. The van der Waals surface area contributed by atoms with Gasteiger partial charge in [-0.1, -0.05) is 24.3 Å². The van der Waals surface area contributed by atoms with Gasteiger partial charge in [0.05, 0.1) is 32.7 Å². The number of benzene rings is 2. The van der Waals surface area contributed by atoms with Crippen LogP contribution in [0.4, 0.5) is 11.6 Å². The van der Waals surface area contributed by atoms with Gasteiger partial charge < -0.3 is 19.1 Å². The zero-order valence-corrected chi connectivity index (χ0v) is 16.5. The second kappa shape index (κ2) is 7.38. The van der Waals surface area contributed by atoms with Crippen molar-refractivity contribution in [1.29, 1.82) is 0 Å². The number of aromatic nitrogens is 2. The van der Waals surface area contributed by atoms with E-state index in [0.717, 1.165) is 24.2 Å². The first-order valence-corrected chi connectivity index (χ1v) is 9.14. The average Bonchev–Trinajstić information content (AvgIpc) is 2.76. The molecule has 0 saturated heterocycles. The van der Waals surface area contributed by atoms with Gasteiger partial charge in [0.25, 0.3) is 0 Å². The predicted molar refractivity (Wildman–Crippen MR) is 109 cm³/mol. The van der Waals surface area contributed by atoms with Gasteiger partial charge in [0, 0.05) is 30.9 Å². The van der Waals surface area contributed by atoms with Crippen molar-refractivity contribution >= 4 is 11.6 Å². The fraction of sp³-hybridized carbons (Fsp3) is 0.273. The zero-order valence-electron chi connectivity index (χ0n) is 16.5. The predicted octanol–water partition coefficient (Wildman–Crippen LogP) is 4.04. The molecule has 1 heterocycles. The van der Waals surface area contributed by atoms with Crippen LogP contribution in [0.1, 0.15) is 11.1 Å². The van der Waals surface area contributed by atoms with Gasteiger partial charge in [0.2, 0.25) is 11.7 Å². The number of hydrogen-bond acceptors (Lipinski definition) is 6. The lowest BCUT2D eigenvalue weighted by Crippen LogP contribution is -2.16. The largest absolute Gasteiger partial charge is 0.493 e. The second-order valence-electron chi connectivity index (χ2n) is 6.64. The molecular formula is C22H23N3O3. The number of anilines is 2. The lowest BCUT2D eigenvalue weighted by atomic mass is 9.90. The molecule has 6 heteroatoms. The van der Waals surface area contributed by atoms with Crippen LogP contribution < -0.4 is 19.1 Å². The smallest absolute Gasteiger partial charge is 0.230 e. The molecule has 0 aliphatic heterocycles. The molecule has 4 rings (SSSR count). The Bertz CT molecular complexity index is 995. The maximum absolute atomic E-state index is 5.47. The minimum absolute atomic E-state index is 0.558. The summed E-state index contributed by atoms with van der Waals surface area (Å²) < 4.78 is 16.4. The number of nitrogens with zero attached hydrogens (tertiary/aromatic N) is 3. The van der Waals surface area contributed by atoms with Crippen LogP contribution in [-0.2, 0) is 12.8 Å². The van der Waals surface area contributed by atoms with Crippen molar-refractivity contribution < 1.29 is 14.2 Å². The molecule has 2 aromatic carbocycles. The molecule has 1 aliphatic rings. The Morgan fingerprint density at radius 3 is 2.25 bits per heavy atom. The van der Waals surface area contributed by atoms with E-state index < -0.39 is 0 Å². The van der Waals surface area contributed by atoms with E-state index in [4.69, 9.17) is 19.2 Å². The molecule has 28 heavy (non-hydrogen) atoms. The summed E-state index contributed by atoms with van der Waals surface area (Å²) in [6.07, 6.45) is 3.91. The van der Waals surface area contributed by atoms with Crippen molar-refractivity contribution in [2.75, 3.05) is 33.3 Å². The summed E-state index contributed by atoms with van der Waals surface area (Å²) in [5.74, 6) is 2.35. The first-order valence-electron chi connectivity index (χ1n) is 9.14. The maximum atomic E-state index is 5.47. The highest BCUT2D eigenvalue weighted by Gasteiger charge is 2.21. The van der Waals surface area contributed by atoms with Crippen LogP contribution in [0.2, 0.25) is 0 Å². The van der Waals surface area contributed by atoms with Gasteiger partial charge in [-0.05, 0) is 24.0 Å². The van der Waals surface area contributed by atoms with Crippen LogP contribution in [0.5, 0.6) is 17.2 Å². The van der Waals surface area contributed by atoms with Crippen LogP contribution in [0.25, 0.3) is 11.3 Å². The van der Waals surface area contributed by atoms with E-state index in [-0.39, 0.29) is 0 Å². The van der Waals surface area contributed by atoms with Crippen molar-refractivity contribution in [3.63, 3.8) is 0 Å². The van der Waals surface area contributed by atoms with Crippen LogP contribution in [0, 0.1) is 0 Å². The Labute approximate surface area is 164 Å².